The summed E-state index contributed by atoms with van der Waals surface area (Å²) in [6.45, 7) is 2.97. The van der Waals surface area contributed by atoms with E-state index in [1.807, 2.05) is 31.3 Å². The van der Waals surface area contributed by atoms with Crippen LogP contribution < -0.4 is 10.6 Å². The van der Waals surface area contributed by atoms with Gasteiger partial charge in [0.2, 0.25) is 5.91 Å². The summed E-state index contributed by atoms with van der Waals surface area (Å²) >= 11 is 5.82. The van der Waals surface area contributed by atoms with Crippen LogP contribution in [0.3, 0.4) is 0 Å². The molecule has 4 nitrogen and oxygen atoms in total. The van der Waals surface area contributed by atoms with Crippen LogP contribution in [0.1, 0.15) is 12.0 Å². The fourth-order valence-corrected chi connectivity index (χ4v) is 2.40. The molecular formula is C14H20ClN3O. The third-order valence-corrected chi connectivity index (χ3v) is 3.70. The summed E-state index contributed by atoms with van der Waals surface area (Å²) in [6.07, 6.45) is 1.11. The molecule has 1 amide bonds. The molecule has 104 valence electrons. The maximum atomic E-state index is 11.8. The average molecular weight is 282 g/mol. The number of likely N-dealkylation sites (tertiary alicyclic amines) is 1. The number of amides is 1. The zero-order chi connectivity index (χ0) is 13.7. The molecule has 0 aliphatic carbocycles. The quantitative estimate of drug-likeness (QED) is 0.854. The van der Waals surface area contributed by atoms with Gasteiger partial charge in [-0.2, -0.15) is 0 Å². The van der Waals surface area contributed by atoms with Gasteiger partial charge in [-0.1, -0.05) is 23.7 Å². The van der Waals surface area contributed by atoms with E-state index in [1.54, 1.807) is 0 Å². The highest BCUT2D eigenvalue weighted by molar-refractivity contribution is 6.30. The number of hydrogen-bond donors (Lipinski definition) is 2. The molecule has 1 aromatic carbocycles. The number of nitrogens with zero attached hydrogens (tertiary/aromatic N) is 1. The minimum Gasteiger partial charge on any atom is -0.351 e. The zero-order valence-corrected chi connectivity index (χ0v) is 11.9. The summed E-state index contributed by atoms with van der Waals surface area (Å²) in [6, 6.07) is 8.04. The van der Waals surface area contributed by atoms with E-state index in [-0.39, 0.29) is 5.91 Å². The van der Waals surface area contributed by atoms with Crippen LogP contribution in [0.5, 0.6) is 0 Å². The maximum absolute atomic E-state index is 11.8. The van der Waals surface area contributed by atoms with Crippen molar-refractivity contribution < 1.29 is 4.79 Å². The van der Waals surface area contributed by atoms with Crippen LogP contribution in [0.15, 0.2) is 24.3 Å². The molecule has 1 atom stereocenters. The topological polar surface area (TPSA) is 44.4 Å². The predicted octanol–water partition coefficient (Wildman–Crippen LogP) is 1.25. The zero-order valence-electron chi connectivity index (χ0n) is 11.2. The van der Waals surface area contributed by atoms with Crippen molar-refractivity contribution in [2.24, 2.45) is 0 Å². The number of carbonyl (C=O) groups excluding carboxylic acids is 1. The Bertz CT molecular complexity index is 421. The third kappa shape index (κ3) is 4.49. The van der Waals surface area contributed by atoms with E-state index < -0.39 is 0 Å². The van der Waals surface area contributed by atoms with Gasteiger partial charge in [-0.25, -0.2) is 0 Å². The molecule has 1 aromatic rings. The second-order valence-electron chi connectivity index (χ2n) is 4.91. The van der Waals surface area contributed by atoms with Crippen LogP contribution in [0.4, 0.5) is 0 Å². The lowest BCUT2D eigenvalue weighted by Gasteiger charge is -2.15. The Morgan fingerprint density at radius 1 is 1.42 bits per heavy atom. The van der Waals surface area contributed by atoms with Crippen molar-refractivity contribution in [1.29, 1.82) is 0 Å². The molecule has 0 spiro atoms. The standard InChI is InChI=1S/C14H20ClN3O/c1-16-13-6-7-18(9-13)10-14(19)17-8-11-2-4-12(15)5-3-11/h2-5,13,16H,6-10H2,1H3,(H,17,19). The molecule has 0 radical (unpaired) electrons. The number of benzene rings is 1. The Labute approximate surface area is 119 Å². The van der Waals surface area contributed by atoms with Crippen LogP contribution in [0, 0.1) is 0 Å². The molecule has 0 saturated carbocycles. The van der Waals surface area contributed by atoms with E-state index in [4.69, 9.17) is 11.6 Å². The van der Waals surface area contributed by atoms with Crippen molar-refractivity contribution in [3.8, 4) is 0 Å². The minimum atomic E-state index is 0.0757. The number of rotatable bonds is 5. The van der Waals surface area contributed by atoms with E-state index >= 15 is 0 Å². The highest BCUT2D eigenvalue weighted by Crippen LogP contribution is 2.10. The van der Waals surface area contributed by atoms with Crippen molar-refractivity contribution in [3.63, 3.8) is 0 Å². The predicted molar refractivity (Wildman–Crippen MR) is 77.2 cm³/mol. The number of carbonyl (C=O) groups is 1. The third-order valence-electron chi connectivity index (χ3n) is 3.45. The molecule has 1 aliphatic rings. The normalized spacial score (nSPS) is 19.6. The minimum absolute atomic E-state index is 0.0757. The molecule has 5 heteroatoms. The first-order valence-electron chi connectivity index (χ1n) is 6.58. The Morgan fingerprint density at radius 2 is 2.16 bits per heavy atom. The lowest BCUT2D eigenvalue weighted by atomic mass is 10.2. The number of nitrogens with one attached hydrogen (secondary N) is 2. The summed E-state index contributed by atoms with van der Waals surface area (Å²) < 4.78 is 0. The molecule has 1 saturated heterocycles. The molecule has 1 unspecified atom stereocenters. The molecule has 1 fully saturated rings. The molecular weight excluding hydrogens is 262 g/mol. The Kier molecular flexibility index (Phi) is 5.19. The first-order valence-corrected chi connectivity index (χ1v) is 6.96. The van der Waals surface area contributed by atoms with Gasteiger partial charge >= 0.3 is 0 Å². The highest BCUT2D eigenvalue weighted by atomic mass is 35.5. The molecule has 1 heterocycles. The van der Waals surface area contributed by atoms with Crippen LogP contribution in [-0.2, 0) is 11.3 Å². The maximum Gasteiger partial charge on any atom is 0.234 e. The number of halogens is 1. The van der Waals surface area contributed by atoms with Gasteiger partial charge in [-0.15, -0.1) is 0 Å². The van der Waals surface area contributed by atoms with E-state index in [1.165, 1.54) is 0 Å². The van der Waals surface area contributed by atoms with Crippen LogP contribution in [0.25, 0.3) is 0 Å². The molecule has 1 aliphatic heterocycles. The SMILES string of the molecule is CNC1CCN(CC(=O)NCc2ccc(Cl)cc2)C1. The van der Waals surface area contributed by atoms with Gasteiger partial charge in [0.25, 0.3) is 0 Å². The van der Waals surface area contributed by atoms with Crippen molar-refractivity contribution in [2.45, 2.75) is 19.0 Å². The Hall–Kier alpha value is -1.10. The van der Waals surface area contributed by atoms with Crippen molar-refractivity contribution >= 4 is 17.5 Å². The summed E-state index contributed by atoms with van der Waals surface area (Å²) in [5, 5.41) is 6.89. The van der Waals surface area contributed by atoms with E-state index in [2.05, 4.69) is 15.5 Å². The first kappa shape index (κ1) is 14.3. The van der Waals surface area contributed by atoms with Gasteiger partial charge in [0, 0.05) is 30.7 Å². The number of hydrogen-bond acceptors (Lipinski definition) is 3. The van der Waals surface area contributed by atoms with Gasteiger partial charge < -0.3 is 10.6 Å². The average Bonchev–Trinajstić information content (AvgIpc) is 2.86. The van der Waals surface area contributed by atoms with Crippen molar-refractivity contribution in [1.82, 2.24) is 15.5 Å². The lowest BCUT2D eigenvalue weighted by molar-refractivity contribution is -0.122. The summed E-state index contributed by atoms with van der Waals surface area (Å²) in [7, 11) is 1.97. The van der Waals surface area contributed by atoms with Gasteiger partial charge in [-0.3, -0.25) is 9.69 Å². The van der Waals surface area contributed by atoms with E-state index in [0.717, 1.165) is 25.1 Å². The Balaban J connectivity index is 1.71. The molecule has 19 heavy (non-hydrogen) atoms. The first-order chi connectivity index (χ1) is 9.17. The summed E-state index contributed by atoms with van der Waals surface area (Å²) in [5.74, 6) is 0.0757. The smallest absolute Gasteiger partial charge is 0.234 e. The van der Waals surface area contributed by atoms with Crippen molar-refractivity contribution in [2.75, 3.05) is 26.7 Å². The van der Waals surface area contributed by atoms with E-state index in [9.17, 15) is 4.79 Å². The monoisotopic (exact) mass is 281 g/mol. The second-order valence-corrected chi connectivity index (χ2v) is 5.35. The lowest BCUT2D eigenvalue weighted by Crippen LogP contribution is -2.37. The van der Waals surface area contributed by atoms with Crippen LogP contribution >= 0.6 is 11.6 Å². The van der Waals surface area contributed by atoms with Crippen LogP contribution in [0.2, 0.25) is 5.02 Å². The van der Waals surface area contributed by atoms with E-state index in [0.29, 0.717) is 24.2 Å². The second kappa shape index (κ2) is 6.89. The fraction of sp³-hybridized carbons (Fsp3) is 0.500. The van der Waals surface area contributed by atoms with Crippen molar-refractivity contribution in [3.05, 3.63) is 34.9 Å². The molecule has 2 rings (SSSR count). The molecule has 0 bridgehead atoms. The highest BCUT2D eigenvalue weighted by Gasteiger charge is 2.22. The van der Waals surface area contributed by atoms with Gasteiger partial charge in [0.15, 0.2) is 0 Å². The molecule has 2 N–H and O–H groups in total. The Morgan fingerprint density at radius 3 is 2.79 bits per heavy atom. The summed E-state index contributed by atoms with van der Waals surface area (Å²) in [5.41, 5.74) is 1.06. The molecule has 0 aromatic heterocycles. The number of likely N-dealkylation sites (N-methyl/N-ethyl adjacent to an activating group) is 1. The summed E-state index contributed by atoms with van der Waals surface area (Å²) in [4.78, 5) is 14.0. The van der Waals surface area contributed by atoms with Crippen LogP contribution in [-0.4, -0.2) is 43.5 Å². The van der Waals surface area contributed by atoms with Gasteiger partial charge in [0.1, 0.15) is 0 Å². The fourth-order valence-electron chi connectivity index (χ4n) is 2.27. The van der Waals surface area contributed by atoms with Gasteiger partial charge in [0.05, 0.1) is 6.54 Å². The van der Waals surface area contributed by atoms with Gasteiger partial charge in [-0.05, 0) is 31.2 Å². The largest absolute Gasteiger partial charge is 0.351 e.